The minimum atomic E-state index is -0.855. The van der Waals surface area contributed by atoms with Gasteiger partial charge in [-0.3, -0.25) is 24.7 Å². The molecule has 0 spiro atoms. The summed E-state index contributed by atoms with van der Waals surface area (Å²) in [6.07, 6.45) is 0. The van der Waals surface area contributed by atoms with Gasteiger partial charge in [-0.25, -0.2) is 10.3 Å². The number of hydrogen-bond acceptors (Lipinski definition) is 7. The highest BCUT2D eigenvalue weighted by atomic mass is 79.9. The summed E-state index contributed by atoms with van der Waals surface area (Å²) in [4.78, 5) is 39.5. The van der Waals surface area contributed by atoms with Crippen LogP contribution < -0.4 is 20.1 Å². The Morgan fingerprint density at radius 1 is 1.00 bits per heavy atom. The van der Waals surface area contributed by atoms with Crippen molar-refractivity contribution in [2.24, 2.45) is 5.92 Å². The summed E-state index contributed by atoms with van der Waals surface area (Å²) in [5.41, 5.74) is 4.83. The third-order valence-electron chi connectivity index (χ3n) is 6.17. The molecule has 0 saturated carbocycles. The Labute approximate surface area is 217 Å². The molecule has 35 heavy (non-hydrogen) atoms. The number of carbonyl (C=O) groups is 2. The van der Waals surface area contributed by atoms with Gasteiger partial charge in [0.05, 0.1) is 35.4 Å². The van der Waals surface area contributed by atoms with Gasteiger partial charge in [0.15, 0.2) is 0 Å². The summed E-state index contributed by atoms with van der Waals surface area (Å²) in [6, 6.07) is 16.8. The molecule has 11 heteroatoms. The third-order valence-corrected chi connectivity index (χ3v) is 7.30. The van der Waals surface area contributed by atoms with Crippen molar-refractivity contribution >= 4 is 60.7 Å². The second-order valence-electron chi connectivity index (χ2n) is 8.11. The number of nitrogens with one attached hydrogen (secondary N) is 1. The average Bonchev–Trinajstić information content (AvgIpc) is 3.36. The van der Waals surface area contributed by atoms with Crippen LogP contribution in [0.3, 0.4) is 0 Å². The number of ether oxygens (including phenoxy) is 1. The molecule has 3 aromatic carbocycles. The standard InChI is InChI=1S/C24H18Br2N4O5/c1-35-17-8-6-15(7-9-17)28-23(31)20-21(13-3-2-4-16(11-13)30(33)34)27-29(22(20)24(28)32)19-10-5-14(25)12-18(19)26/h2-12,20-22,27H,1H3. The van der Waals surface area contributed by atoms with Crippen molar-refractivity contribution in [3.8, 4) is 5.75 Å². The van der Waals surface area contributed by atoms with Gasteiger partial charge in [-0.15, -0.1) is 0 Å². The fourth-order valence-corrected chi connectivity index (χ4v) is 5.82. The quantitative estimate of drug-likeness (QED) is 0.255. The summed E-state index contributed by atoms with van der Waals surface area (Å²) in [6.45, 7) is 0. The highest BCUT2D eigenvalue weighted by molar-refractivity contribution is 9.11. The van der Waals surface area contributed by atoms with E-state index in [4.69, 9.17) is 4.74 Å². The normalized spacial score (nSPS) is 21.4. The summed E-state index contributed by atoms with van der Waals surface area (Å²) in [5, 5.41) is 13.1. The SMILES string of the molecule is COc1ccc(N2C(=O)C3C(c4cccc([N+](=O)[O-])c4)NN(c4ccc(Br)cc4Br)C3C2=O)cc1. The lowest BCUT2D eigenvalue weighted by atomic mass is 9.90. The molecule has 9 nitrogen and oxygen atoms in total. The number of rotatable bonds is 5. The van der Waals surface area contributed by atoms with Gasteiger partial charge in [-0.2, -0.15) is 0 Å². The Bertz CT molecular complexity index is 1350. The summed E-state index contributed by atoms with van der Waals surface area (Å²) in [7, 11) is 1.54. The van der Waals surface area contributed by atoms with Crippen molar-refractivity contribution in [2.75, 3.05) is 17.0 Å². The maximum atomic E-state index is 13.7. The van der Waals surface area contributed by atoms with Gasteiger partial charge in [0.1, 0.15) is 11.8 Å². The number of nitro benzene ring substituents is 1. The van der Waals surface area contributed by atoms with E-state index in [1.54, 1.807) is 41.4 Å². The second-order valence-corrected chi connectivity index (χ2v) is 9.88. The zero-order valence-electron chi connectivity index (χ0n) is 18.2. The van der Waals surface area contributed by atoms with Crippen molar-refractivity contribution < 1.29 is 19.2 Å². The predicted octanol–water partition coefficient (Wildman–Crippen LogP) is 4.75. The van der Waals surface area contributed by atoms with E-state index in [0.717, 1.165) is 4.47 Å². The molecule has 3 aromatic rings. The number of halogens is 2. The minimum Gasteiger partial charge on any atom is -0.497 e. The molecule has 5 rings (SSSR count). The Kier molecular flexibility index (Phi) is 6.07. The van der Waals surface area contributed by atoms with E-state index < -0.39 is 22.9 Å². The maximum Gasteiger partial charge on any atom is 0.269 e. The number of imide groups is 1. The minimum absolute atomic E-state index is 0.0899. The molecular weight excluding hydrogens is 584 g/mol. The number of hydrazine groups is 1. The zero-order chi connectivity index (χ0) is 24.9. The van der Waals surface area contributed by atoms with Gasteiger partial charge >= 0.3 is 0 Å². The Morgan fingerprint density at radius 2 is 1.74 bits per heavy atom. The summed E-state index contributed by atoms with van der Waals surface area (Å²) in [5.74, 6) is -0.975. The topological polar surface area (TPSA) is 105 Å². The van der Waals surface area contributed by atoms with Crippen molar-refractivity contribution in [2.45, 2.75) is 12.1 Å². The molecule has 178 valence electrons. The van der Waals surface area contributed by atoms with Gasteiger partial charge in [0, 0.05) is 21.1 Å². The number of hydrogen-bond donors (Lipinski definition) is 1. The number of anilines is 2. The Balaban J connectivity index is 1.61. The molecule has 2 aliphatic rings. The van der Waals surface area contributed by atoms with Crippen LogP contribution in [-0.2, 0) is 9.59 Å². The second kappa shape index (κ2) is 9.06. The molecule has 0 radical (unpaired) electrons. The number of non-ortho nitro benzene ring substituents is 1. The van der Waals surface area contributed by atoms with Crippen LogP contribution in [0.2, 0.25) is 0 Å². The number of benzene rings is 3. The van der Waals surface area contributed by atoms with E-state index in [-0.39, 0.29) is 17.5 Å². The first kappa shape index (κ1) is 23.5. The highest BCUT2D eigenvalue weighted by Crippen LogP contribution is 2.45. The summed E-state index contributed by atoms with van der Waals surface area (Å²) >= 11 is 6.98. The first-order valence-corrected chi connectivity index (χ1v) is 12.2. The fourth-order valence-electron chi connectivity index (χ4n) is 4.58. The average molecular weight is 602 g/mol. The number of methoxy groups -OCH3 is 1. The smallest absolute Gasteiger partial charge is 0.269 e. The molecule has 2 amide bonds. The predicted molar refractivity (Wildman–Crippen MR) is 136 cm³/mol. The Hall–Kier alpha value is -3.28. The van der Waals surface area contributed by atoms with Crippen LogP contribution in [0.15, 0.2) is 75.7 Å². The number of amides is 2. The van der Waals surface area contributed by atoms with E-state index in [1.807, 2.05) is 18.2 Å². The van der Waals surface area contributed by atoms with Crippen molar-refractivity contribution in [3.05, 3.63) is 91.4 Å². The number of nitro groups is 1. The van der Waals surface area contributed by atoms with Crippen LogP contribution in [0.5, 0.6) is 5.75 Å². The molecule has 0 bridgehead atoms. The molecule has 2 aliphatic heterocycles. The van der Waals surface area contributed by atoms with Crippen molar-refractivity contribution in [3.63, 3.8) is 0 Å². The van der Waals surface area contributed by atoms with Gasteiger partial charge in [-0.05, 0) is 64.0 Å². The van der Waals surface area contributed by atoms with Crippen LogP contribution in [0.25, 0.3) is 0 Å². The van der Waals surface area contributed by atoms with Gasteiger partial charge in [0.2, 0.25) is 5.91 Å². The first-order chi connectivity index (χ1) is 16.8. The van der Waals surface area contributed by atoms with E-state index >= 15 is 0 Å². The number of nitrogens with zero attached hydrogens (tertiary/aromatic N) is 3. The lowest BCUT2D eigenvalue weighted by Crippen LogP contribution is -2.46. The fraction of sp³-hybridized carbons (Fsp3) is 0.167. The molecule has 3 unspecified atom stereocenters. The van der Waals surface area contributed by atoms with E-state index in [0.29, 0.717) is 27.2 Å². The van der Waals surface area contributed by atoms with Gasteiger partial charge in [-0.1, -0.05) is 28.1 Å². The number of carbonyl (C=O) groups excluding carboxylic acids is 2. The molecule has 2 saturated heterocycles. The Morgan fingerprint density at radius 3 is 2.40 bits per heavy atom. The van der Waals surface area contributed by atoms with Gasteiger partial charge in [0.25, 0.3) is 11.6 Å². The molecule has 2 fully saturated rings. The molecule has 0 aromatic heterocycles. The van der Waals surface area contributed by atoms with Crippen molar-refractivity contribution in [1.29, 1.82) is 0 Å². The van der Waals surface area contributed by atoms with E-state index in [9.17, 15) is 19.7 Å². The van der Waals surface area contributed by atoms with Crippen LogP contribution in [-0.4, -0.2) is 29.9 Å². The third kappa shape index (κ3) is 3.99. The van der Waals surface area contributed by atoms with Gasteiger partial charge < -0.3 is 4.74 Å². The molecule has 0 aliphatic carbocycles. The van der Waals surface area contributed by atoms with Crippen LogP contribution in [0.1, 0.15) is 11.6 Å². The number of fused-ring (bicyclic) bond motifs is 1. The van der Waals surface area contributed by atoms with Crippen LogP contribution >= 0.6 is 31.9 Å². The maximum absolute atomic E-state index is 13.7. The molecule has 3 atom stereocenters. The van der Waals surface area contributed by atoms with Crippen LogP contribution in [0, 0.1) is 16.0 Å². The van der Waals surface area contributed by atoms with Crippen LogP contribution in [0.4, 0.5) is 17.1 Å². The summed E-state index contributed by atoms with van der Waals surface area (Å²) < 4.78 is 6.74. The monoisotopic (exact) mass is 600 g/mol. The first-order valence-electron chi connectivity index (χ1n) is 10.6. The molecular formula is C24H18Br2N4O5. The lowest BCUT2D eigenvalue weighted by molar-refractivity contribution is -0.384. The lowest BCUT2D eigenvalue weighted by Gasteiger charge is -2.27. The molecule has 2 heterocycles. The largest absolute Gasteiger partial charge is 0.497 e. The molecule has 1 N–H and O–H groups in total. The zero-order valence-corrected chi connectivity index (χ0v) is 21.4. The highest BCUT2D eigenvalue weighted by Gasteiger charge is 2.59. The van der Waals surface area contributed by atoms with Crippen molar-refractivity contribution in [1.82, 2.24) is 5.43 Å². The van der Waals surface area contributed by atoms with E-state index in [1.165, 1.54) is 24.1 Å². The van der Waals surface area contributed by atoms with E-state index in [2.05, 4.69) is 37.3 Å².